The molecule has 0 amide bonds. The van der Waals surface area contributed by atoms with E-state index in [4.69, 9.17) is 11.6 Å². The van der Waals surface area contributed by atoms with Crippen molar-refractivity contribution in [2.45, 2.75) is 19.3 Å². The van der Waals surface area contributed by atoms with Crippen molar-refractivity contribution in [2.24, 2.45) is 5.92 Å². The number of hydrogen-bond donors (Lipinski definition) is 1. The second-order valence-corrected chi connectivity index (χ2v) is 5.06. The Hall–Kier alpha value is -1.55. The standard InChI is InChI=1S/C13H15ClN4/c14-11-5-2-6-12(16-7-10-3-1-4-10)13(11)18-9-15-8-17-18/h2,5-6,8-10,16H,1,3-4,7H2. The Kier molecular flexibility index (Phi) is 3.19. The van der Waals surface area contributed by atoms with Gasteiger partial charge in [0.05, 0.1) is 10.7 Å². The van der Waals surface area contributed by atoms with Gasteiger partial charge in [0, 0.05) is 6.54 Å². The minimum Gasteiger partial charge on any atom is -0.383 e. The molecule has 0 bridgehead atoms. The molecule has 0 atom stereocenters. The minimum absolute atomic E-state index is 0.680. The fourth-order valence-corrected chi connectivity index (χ4v) is 2.43. The molecule has 1 aliphatic carbocycles. The van der Waals surface area contributed by atoms with Crippen LogP contribution in [0.15, 0.2) is 30.9 Å². The van der Waals surface area contributed by atoms with Crippen LogP contribution < -0.4 is 5.32 Å². The first-order valence-electron chi connectivity index (χ1n) is 6.22. The molecule has 5 heteroatoms. The van der Waals surface area contributed by atoms with Crippen LogP contribution in [0.3, 0.4) is 0 Å². The summed E-state index contributed by atoms with van der Waals surface area (Å²) in [6.07, 6.45) is 7.19. The zero-order chi connectivity index (χ0) is 12.4. The van der Waals surface area contributed by atoms with E-state index < -0.39 is 0 Å². The summed E-state index contributed by atoms with van der Waals surface area (Å²) in [7, 11) is 0. The summed E-state index contributed by atoms with van der Waals surface area (Å²) >= 11 is 6.26. The highest BCUT2D eigenvalue weighted by Gasteiger charge is 2.18. The molecule has 0 unspecified atom stereocenters. The third kappa shape index (κ3) is 2.20. The first-order chi connectivity index (χ1) is 8.84. The van der Waals surface area contributed by atoms with Gasteiger partial charge < -0.3 is 5.32 Å². The summed E-state index contributed by atoms with van der Waals surface area (Å²) in [6, 6.07) is 5.85. The van der Waals surface area contributed by atoms with E-state index in [2.05, 4.69) is 15.4 Å². The van der Waals surface area contributed by atoms with Gasteiger partial charge in [-0.25, -0.2) is 9.67 Å². The zero-order valence-corrected chi connectivity index (χ0v) is 10.8. The van der Waals surface area contributed by atoms with Gasteiger partial charge in [-0.2, -0.15) is 5.10 Å². The monoisotopic (exact) mass is 262 g/mol. The Morgan fingerprint density at radius 1 is 1.39 bits per heavy atom. The molecule has 1 aromatic carbocycles. The summed E-state index contributed by atoms with van der Waals surface area (Å²) in [5.41, 5.74) is 1.89. The maximum Gasteiger partial charge on any atom is 0.138 e. The van der Waals surface area contributed by atoms with Gasteiger partial charge in [0.15, 0.2) is 0 Å². The minimum atomic E-state index is 0.680. The number of aromatic nitrogens is 3. The van der Waals surface area contributed by atoms with E-state index >= 15 is 0 Å². The first-order valence-corrected chi connectivity index (χ1v) is 6.60. The van der Waals surface area contributed by atoms with Crippen LogP contribution in [0, 0.1) is 5.92 Å². The van der Waals surface area contributed by atoms with E-state index in [1.807, 2.05) is 18.2 Å². The van der Waals surface area contributed by atoms with Crippen LogP contribution in [0.2, 0.25) is 5.02 Å². The van der Waals surface area contributed by atoms with Crippen LogP contribution in [-0.2, 0) is 0 Å². The molecular weight excluding hydrogens is 248 g/mol. The van der Waals surface area contributed by atoms with Gasteiger partial charge in [-0.15, -0.1) is 0 Å². The van der Waals surface area contributed by atoms with E-state index in [0.717, 1.165) is 23.8 Å². The molecule has 4 nitrogen and oxygen atoms in total. The van der Waals surface area contributed by atoms with Crippen molar-refractivity contribution < 1.29 is 0 Å². The van der Waals surface area contributed by atoms with Crippen molar-refractivity contribution in [3.63, 3.8) is 0 Å². The Labute approximate surface area is 111 Å². The predicted octanol–water partition coefficient (Wildman–Crippen LogP) is 3.13. The van der Waals surface area contributed by atoms with Crippen molar-refractivity contribution in [3.8, 4) is 5.69 Å². The number of nitrogens with zero attached hydrogens (tertiary/aromatic N) is 3. The Morgan fingerprint density at radius 3 is 2.94 bits per heavy atom. The summed E-state index contributed by atoms with van der Waals surface area (Å²) in [5.74, 6) is 0.799. The number of benzene rings is 1. The van der Waals surface area contributed by atoms with Gasteiger partial charge in [0.1, 0.15) is 18.3 Å². The van der Waals surface area contributed by atoms with Crippen molar-refractivity contribution in [1.29, 1.82) is 0 Å². The number of halogens is 1. The van der Waals surface area contributed by atoms with Crippen LogP contribution >= 0.6 is 11.6 Å². The van der Waals surface area contributed by atoms with E-state index in [1.165, 1.54) is 25.6 Å². The molecule has 2 aromatic rings. The Morgan fingerprint density at radius 2 is 2.28 bits per heavy atom. The van der Waals surface area contributed by atoms with Crippen molar-refractivity contribution in [3.05, 3.63) is 35.9 Å². The van der Waals surface area contributed by atoms with E-state index in [9.17, 15) is 0 Å². The molecule has 1 N–H and O–H groups in total. The van der Waals surface area contributed by atoms with E-state index in [0.29, 0.717) is 5.02 Å². The Bertz CT molecular complexity index is 520. The SMILES string of the molecule is Clc1cccc(NCC2CCC2)c1-n1cncn1. The van der Waals surface area contributed by atoms with Gasteiger partial charge in [-0.05, 0) is 30.9 Å². The summed E-state index contributed by atoms with van der Waals surface area (Å²) in [5, 5.41) is 8.30. The molecule has 1 saturated carbocycles. The van der Waals surface area contributed by atoms with Crippen LogP contribution in [0.4, 0.5) is 5.69 Å². The lowest BCUT2D eigenvalue weighted by Crippen LogP contribution is -2.21. The third-order valence-corrected chi connectivity index (χ3v) is 3.75. The number of rotatable bonds is 4. The molecular formula is C13H15ClN4. The predicted molar refractivity (Wildman–Crippen MR) is 72.2 cm³/mol. The number of anilines is 1. The van der Waals surface area contributed by atoms with Gasteiger partial charge >= 0.3 is 0 Å². The summed E-state index contributed by atoms with van der Waals surface area (Å²) < 4.78 is 1.70. The first kappa shape index (κ1) is 11.5. The fourth-order valence-electron chi connectivity index (χ4n) is 2.17. The fraction of sp³-hybridized carbons (Fsp3) is 0.385. The maximum absolute atomic E-state index is 6.26. The van der Waals surface area contributed by atoms with E-state index in [-0.39, 0.29) is 0 Å². The molecule has 18 heavy (non-hydrogen) atoms. The molecule has 0 saturated heterocycles. The van der Waals surface area contributed by atoms with E-state index in [1.54, 1.807) is 11.0 Å². The Balaban J connectivity index is 1.86. The molecule has 1 fully saturated rings. The average Bonchev–Trinajstić information content (AvgIpc) is 2.80. The number of nitrogens with one attached hydrogen (secondary N) is 1. The molecule has 94 valence electrons. The molecule has 0 aliphatic heterocycles. The molecule has 1 heterocycles. The third-order valence-electron chi connectivity index (χ3n) is 3.44. The maximum atomic E-state index is 6.26. The highest BCUT2D eigenvalue weighted by molar-refractivity contribution is 6.33. The van der Waals surface area contributed by atoms with Gasteiger partial charge in [0.25, 0.3) is 0 Å². The van der Waals surface area contributed by atoms with Crippen molar-refractivity contribution in [2.75, 3.05) is 11.9 Å². The van der Waals surface area contributed by atoms with Crippen LogP contribution in [-0.4, -0.2) is 21.3 Å². The quantitative estimate of drug-likeness (QED) is 0.921. The lowest BCUT2D eigenvalue weighted by molar-refractivity contribution is 0.333. The summed E-state index contributed by atoms with van der Waals surface area (Å²) in [4.78, 5) is 3.97. The largest absolute Gasteiger partial charge is 0.383 e. The topological polar surface area (TPSA) is 42.7 Å². The molecule has 0 spiro atoms. The number of para-hydroxylation sites is 1. The van der Waals surface area contributed by atoms with Crippen LogP contribution in [0.5, 0.6) is 0 Å². The molecule has 3 rings (SSSR count). The second-order valence-electron chi connectivity index (χ2n) is 4.65. The van der Waals surface area contributed by atoms with Crippen molar-refractivity contribution >= 4 is 17.3 Å². The lowest BCUT2D eigenvalue weighted by atomic mass is 9.85. The molecule has 1 aliphatic rings. The normalized spacial score (nSPS) is 15.4. The van der Waals surface area contributed by atoms with Gasteiger partial charge in [0.2, 0.25) is 0 Å². The molecule has 1 aromatic heterocycles. The van der Waals surface area contributed by atoms with Crippen molar-refractivity contribution in [1.82, 2.24) is 14.8 Å². The smallest absolute Gasteiger partial charge is 0.138 e. The molecule has 0 radical (unpaired) electrons. The van der Waals surface area contributed by atoms with Gasteiger partial charge in [-0.3, -0.25) is 0 Å². The second kappa shape index (κ2) is 4.98. The summed E-state index contributed by atoms with van der Waals surface area (Å²) in [6.45, 7) is 1.00. The highest BCUT2D eigenvalue weighted by Crippen LogP contribution is 2.30. The lowest BCUT2D eigenvalue weighted by Gasteiger charge is -2.26. The van der Waals surface area contributed by atoms with Gasteiger partial charge in [-0.1, -0.05) is 24.1 Å². The average molecular weight is 263 g/mol. The number of hydrogen-bond acceptors (Lipinski definition) is 3. The highest BCUT2D eigenvalue weighted by atomic mass is 35.5. The van der Waals surface area contributed by atoms with Crippen LogP contribution in [0.25, 0.3) is 5.69 Å². The van der Waals surface area contributed by atoms with Crippen LogP contribution in [0.1, 0.15) is 19.3 Å². The zero-order valence-electron chi connectivity index (χ0n) is 10.0.